The van der Waals surface area contributed by atoms with E-state index in [4.69, 9.17) is 18.5 Å². The van der Waals surface area contributed by atoms with Crippen molar-refractivity contribution in [3.05, 3.63) is 0 Å². The minimum absolute atomic E-state index is 0.0320. The molecule has 0 spiro atoms. The highest BCUT2D eigenvalue weighted by Crippen LogP contribution is 2.38. The summed E-state index contributed by atoms with van der Waals surface area (Å²) in [5, 5.41) is 0. The smallest absolute Gasteiger partial charge is 0.306 e. The molecule has 2 unspecified atom stereocenters. The zero-order valence-electron chi connectivity index (χ0n) is 44.5. The first kappa shape index (κ1) is 64.5. The van der Waals surface area contributed by atoms with Crippen molar-refractivity contribution in [3.8, 4) is 0 Å². The van der Waals surface area contributed by atoms with Gasteiger partial charge < -0.3 is 27.9 Å². The maximum Gasteiger partial charge on any atom is 0.306 e. The molecule has 0 fully saturated rings. The first-order valence-corrected chi connectivity index (χ1v) is 30.2. The minimum Gasteiger partial charge on any atom is -0.756 e. The number of phosphoric acid groups is 1. The van der Waals surface area contributed by atoms with Crippen molar-refractivity contribution in [2.24, 2.45) is 0 Å². The molecular formula is C56H114NO7P. The molecular weight excluding hydrogens is 830 g/mol. The molecule has 0 saturated heterocycles. The van der Waals surface area contributed by atoms with E-state index in [9.17, 15) is 14.3 Å². The van der Waals surface area contributed by atoms with Gasteiger partial charge >= 0.3 is 5.97 Å². The fourth-order valence-corrected chi connectivity index (χ4v) is 9.46. The maximum atomic E-state index is 12.8. The van der Waals surface area contributed by atoms with Crippen LogP contribution in [0.5, 0.6) is 0 Å². The molecule has 9 heteroatoms. The Hall–Kier alpha value is -0.500. The third-order valence-electron chi connectivity index (χ3n) is 13.2. The Morgan fingerprint density at radius 1 is 0.415 bits per heavy atom. The number of hydrogen-bond acceptors (Lipinski definition) is 7. The lowest BCUT2D eigenvalue weighted by Crippen LogP contribution is -2.37. The molecule has 0 rings (SSSR count). The quantitative estimate of drug-likeness (QED) is 0.0259. The summed E-state index contributed by atoms with van der Waals surface area (Å²) in [6.45, 7) is 5.51. The molecule has 390 valence electrons. The summed E-state index contributed by atoms with van der Waals surface area (Å²) in [4.78, 5) is 25.2. The molecule has 0 heterocycles. The normalized spacial score (nSPS) is 13.4. The Balaban J connectivity index is 4.01. The fraction of sp³-hybridized carbons (Fsp3) is 0.982. The van der Waals surface area contributed by atoms with Crippen LogP contribution in [0.1, 0.15) is 296 Å². The van der Waals surface area contributed by atoms with Crippen LogP contribution in [0.4, 0.5) is 0 Å². The number of likely N-dealkylation sites (N-methyl/N-ethyl adjacent to an activating group) is 1. The van der Waals surface area contributed by atoms with Crippen LogP contribution in [0.25, 0.3) is 0 Å². The van der Waals surface area contributed by atoms with Gasteiger partial charge in [0.25, 0.3) is 7.82 Å². The molecule has 0 aromatic heterocycles. The highest BCUT2D eigenvalue weighted by Gasteiger charge is 2.20. The van der Waals surface area contributed by atoms with Crippen LogP contribution >= 0.6 is 7.82 Å². The van der Waals surface area contributed by atoms with E-state index in [0.717, 1.165) is 32.1 Å². The number of nitrogens with zero attached hydrogens (tertiary/aromatic N) is 1. The Bertz CT molecular complexity index is 1010. The predicted molar refractivity (Wildman–Crippen MR) is 278 cm³/mol. The zero-order chi connectivity index (χ0) is 47.6. The summed E-state index contributed by atoms with van der Waals surface area (Å²) >= 11 is 0. The minimum atomic E-state index is -4.53. The lowest BCUT2D eigenvalue weighted by atomic mass is 10.0. The molecule has 2 atom stereocenters. The van der Waals surface area contributed by atoms with Crippen LogP contribution < -0.4 is 4.89 Å². The number of hydrogen-bond donors (Lipinski definition) is 0. The van der Waals surface area contributed by atoms with E-state index in [1.807, 2.05) is 21.1 Å². The van der Waals surface area contributed by atoms with Crippen molar-refractivity contribution in [1.29, 1.82) is 0 Å². The molecule has 0 aromatic rings. The Morgan fingerprint density at radius 2 is 0.708 bits per heavy atom. The molecule has 0 amide bonds. The number of unbranched alkanes of at least 4 members (excludes halogenated alkanes) is 41. The Labute approximate surface area is 406 Å². The van der Waals surface area contributed by atoms with Crippen LogP contribution in [-0.4, -0.2) is 70.7 Å². The second-order valence-electron chi connectivity index (χ2n) is 21.0. The first-order valence-electron chi connectivity index (χ1n) is 28.8. The zero-order valence-corrected chi connectivity index (χ0v) is 45.4. The largest absolute Gasteiger partial charge is 0.756 e. The number of ether oxygens (including phenoxy) is 2. The van der Waals surface area contributed by atoms with E-state index in [1.54, 1.807) is 0 Å². The summed E-state index contributed by atoms with van der Waals surface area (Å²) in [5.74, 6) is -0.323. The third-order valence-corrected chi connectivity index (χ3v) is 14.1. The van der Waals surface area contributed by atoms with Crippen LogP contribution in [0, 0.1) is 0 Å². The van der Waals surface area contributed by atoms with Crippen molar-refractivity contribution in [3.63, 3.8) is 0 Å². The van der Waals surface area contributed by atoms with Gasteiger partial charge in [-0.1, -0.05) is 277 Å². The molecule has 0 bridgehead atoms. The Kier molecular flexibility index (Phi) is 49.5. The second kappa shape index (κ2) is 49.9. The fourth-order valence-electron chi connectivity index (χ4n) is 8.73. The highest BCUT2D eigenvalue weighted by atomic mass is 31.2. The van der Waals surface area contributed by atoms with Crippen LogP contribution in [-0.2, 0) is 27.9 Å². The number of esters is 1. The topological polar surface area (TPSA) is 94.1 Å². The SMILES string of the molecule is CCCCCCCCCCCCCCCCCCCCCCCCCC(=O)OC(COCCCCCCCCCCCCCCCCCCCCCC)COP(=O)([O-])OCC[N+](C)(C)C. The van der Waals surface area contributed by atoms with Crippen molar-refractivity contribution in [2.75, 3.05) is 54.1 Å². The Morgan fingerprint density at radius 3 is 1.02 bits per heavy atom. The van der Waals surface area contributed by atoms with Crippen molar-refractivity contribution < 1.29 is 37.3 Å². The summed E-state index contributed by atoms with van der Waals surface area (Å²) in [7, 11) is 1.38. The van der Waals surface area contributed by atoms with Gasteiger partial charge in [0.05, 0.1) is 34.4 Å². The average Bonchev–Trinajstić information content (AvgIpc) is 3.27. The summed E-state index contributed by atoms with van der Waals surface area (Å²) in [5.41, 5.74) is 0. The summed E-state index contributed by atoms with van der Waals surface area (Å²) in [6.07, 6.45) is 57.1. The van der Waals surface area contributed by atoms with Crippen LogP contribution in [0.2, 0.25) is 0 Å². The van der Waals surface area contributed by atoms with Gasteiger partial charge in [0.2, 0.25) is 0 Å². The van der Waals surface area contributed by atoms with Gasteiger partial charge in [0, 0.05) is 13.0 Å². The van der Waals surface area contributed by atoms with E-state index in [-0.39, 0.29) is 25.8 Å². The van der Waals surface area contributed by atoms with E-state index in [1.165, 1.54) is 244 Å². The molecule has 0 aromatic carbocycles. The van der Waals surface area contributed by atoms with E-state index < -0.39 is 13.9 Å². The van der Waals surface area contributed by atoms with Gasteiger partial charge in [0.1, 0.15) is 19.3 Å². The number of carbonyl (C=O) groups excluding carboxylic acids is 1. The molecule has 0 saturated carbocycles. The first-order chi connectivity index (χ1) is 31.6. The average molecular weight is 945 g/mol. The summed E-state index contributed by atoms with van der Waals surface area (Å²) in [6, 6.07) is 0. The van der Waals surface area contributed by atoms with E-state index >= 15 is 0 Å². The second-order valence-corrected chi connectivity index (χ2v) is 22.4. The number of phosphoric ester groups is 1. The van der Waals surface area contributed by atoms with Crippen molar-refractivity contribution >= 4 is 13.8 Å². The molecule has 8 nitrogen and oxygen atoms in total. The van der Waals surface area contributed by atoms with E-state index in [2.05, 4.69) is 13.8 Å². The molecule has 0 N–H and O–H groups in total. The lowest BCUT2D eigenvalue weighted by molar-refractivity contribution is -0.870. The molecule has 0 aliphatic carbocycles. The monoisotopic (exact) mass is 944 g/mol. The highest BCUT2D eigenvalue weighted by molar-refractivity contribution is 7.45. The number of quaternary nitrogens is 1. The van der Waals surface area contributed by atoms with E-state index in [0.29, 0.717) is 24.1 Å². The van der Waals surface area contributed by atoms with Gasteiger partial charge in [-0.3, -0.25) is 9.36 Å². The van der Waals surface area contributed by atoms with Gasteiger partial charge in [-0.25, -0.2) is 0 Å². The van der Waals surface area contributed by atoms with Crippen molar-refractivity contribution in [2.45, 2.75) is 302 Å². The van der Waals surface area contributed by atoms with Crippen molar-refractivity contribution in [1.82, 2.24) is 0 Å². The lowest BCUT2D eigenvalue weighted by Gasteiger charge is -2.28. The summed E-state index contributed by atoms with van der Waals surface area (Å²) < 4.78 is 34.9. The maximum absolute atomic E-state index is 12.8. The van der Waals surface area contributed by atoms with Gasteiger partial charge in [-0.2, -0.15) is 0 Å². The van der Waals surface area contributed by atoms with Gasteiger partial charge in [-0.05, 0) is 12.8 Å². The van der Waals surface area contributed by atoms with Gasteiger partial charge in [0.15, 0.2) is 0 Å². The number of carbonyl (C=O) groups is 1. The van der Waals surface area contributed by atoms with Crippen LogP contribution in [0.3, 0.4) is 0 Å². The van der Waals surface area contributed by atoms with Crippen LogP contribution in [0.15, 0.2) is 0 Å². The molecule has 0 aliphatic heterocycles. The molecule has 0 aliphatic rings. The number of rotatable bonds is 55. The predicted octanol–water partition coefficient (Wildman–Crippen LogP) is 17.3. The molecule has 65 heavy (non-hydrogen) atoms. The standard InChI is InChI=1S/C56H114NO7P/c1-6-8-10-12-14-16-18-20-22-24-26-28-29-30-31-33-35-37-39-41-43-45-47-49-56(58)64-55(54-63-65(59,60)62-52-50-57(3,4)5)53-61-51-48-46-44-42-40-38-36-34-32-27-25-23-21-19-17-15-13-11-9-7-2/h55H,6-54H2,1-5H3. The third kappa shape index (κ3) is 54.3. The van der Waals surface area contributed by atoms with Gasteiger partial charge in [-0.15, -0.1) is 0 Å². The molecule has 0 radical (unpaired) electrons.